The number of nitrogens with one attached hydrogen (secondary N) is 1. The number of aromatic nitrogens is 2. The Balaban J connectivity index is 1.77. The van der Waals surface area contributed by atoms with E-state index in [1.165, 1.54) is 5.56 Å². The molecule has 0 spiro atoms. The number of pyridine rings is 1. The maximum Gasteiger partial charge on any atom is 0.137 e. The van der Waals surface area contributed by atoms with Crippen LogP contribution < -0.4 is 11.1 Å². The van der Waals surface area contributed by atoms with Gasteiger partial charge in [-0.25, -0.2) is 4.98 Å². The van der Waals surface area contributed by atoms with Crippen LogP contribution in [0.3, 0.4) is 0 Å². The molecule has 2 aromatic carbocycles. The lowest BCUT2D eigenvalue weighted by atomic mass is 10.2. The van der Waals surface area contributed by atoms with Gasteiger partial charge in [-0.1, -0.05) is 18.2 Å². The molecule has 0 aliphatic carbocycles. The molecule has 4 aromatic rings. The second-order valence-electron chi connectivity index (χ2n) is 5.87. The molecule has 2 heterocycles. The number of nitrogens with two attached hydrogens (primary N) is 1. The molecule has 4 nitrogen and oxygen atoms in total. The van der Waals surface area contributed by atoms with Crippen molar-refractivity contribution >= 4 is 28.0 Å². The molecule has 0 bridgehead atoms. The molecular formula is C20H18N4. The Morgan fingerprint density at radius 3 is 2.67 bits per heavy atom. The zero-order chi connectivity index (χ0) is 16.5. The highest BCUT2D eigenvalue weighted by atomic mass is 15.1. The lowest BCUT2D eigenvalue weighted by Crippen LogP contribution is -1.97. The fraction of sp³-hybridized carbons (Fsp3) is 0.0500. The van der Waals surface area contributed by atoms with E-state index in [1.807, 2.05) is 24.4 Å². The summed E-state index contributed by atoms with van der Waals surface area (Å²) in [5, 5.41) is 4.66. The molecule has 4 heteroatoms. The standard InChI is InChI=1S/C20H18N4/c1-14-4-2-5-16(12-14)23-18-6-3-7-19-17(18)10-11-24(19)20-9-8-15(21)13-22-20/h2-13,23H,21H2,1H3. The van der Waals surface area contributed by atoms with Crippen molar-refractivity contribution in [1.29, 1.82) is 0 Å². The Kier molecular flexibility index (Phi) is 3.43. The number of nitrogen functional groups attached to an aromatic ring is 1. The Hall–Kier alpha value is -3.27. The molecule has 24 heavy (non-hydrogen) atoms. The number of fused-ring (bicyclic) bond motifs is 1. The smallest absolute Gasteiger partial charge is 0.137 e. The van der Waals surface area contributed by atoms with Crippen LogP contribution in [0.25, 0.3) is 16.7 Å². The number of rotatable bonds is 3. The van der Waals surface area contributed by atoms with Gasteiger partial charge in [0.2, 0.25) is 0 Å². The Bertz CT molecular complexity index is 1000. The average molecular weight is 314 g/mol. The predicted octanol–water partition coefficient (Wildman–Crippen LogP) is 4.66. The van der Waals surface area contributed by atoms with Crippen molar-refractivity contribution in [2.24, 2.45) is 0 Å². The van der Waals surface area contributed by atoms with Gasteiger partial charge in [0, 0.05) is 23.0 Å². The van der Waals surface area contributed by atoms with Crippen LogP contribution in [-0.2, 0) is 0 Å². The Labute approximate surface area is 140 Å². The molecule has 0 aliphatic heterocycles. The first-order valence-electron chi connectivity index (χ1n) is 7.86. The van der Waals surface area contributed by atoms with Crippen LogP contribution in [0.1, 0.15) is 5.56 Å². The van der Waals surface area contributed by atoms with E-state index in [2.05, 4.69) is 64.3 Å². The van der Waals surface area contributed by atoms with Gasteiger partial charge < -0.3 is 15.6 Å². The third-order valence-electron chi connectivity index (χ3n) is 4.05. The van der Waals surface area contributed by atoms with Crippen LogP contribution in [0.4, 0.5) is 17.1 Å². The number of benzene rings is 2. The van der Waals surface area contributed by atoms with Crippen LogP contribution in [0.5, 0.6) is 0 Å². The van der Waals surface area contributed by atoms with E-state index in [-0.39, 0.29) is 0 Å². The molecular weight excluding hydrogens is 296 g/mol. The van der Waals surface area contributed by atoms with Gasteiger partial charge in [0.25, 0.3) is 0 Å². The summed E-state index contributed by atoms with van der Waals surface area (Å²) in [6.07, 6.45) is 3.71. The summed E-state index contributed by atoms with van der Waals surface area (Å²) in [7, 11) is 0. The van der Waals surface area contributed by atoms with Crippen LogP contribution >= 0.6 is 0 Å². The maximum atomic E-state index is 5.73. The molecule has 0 saturated heterocycles. The molecule has 0 atom stereocenters. The van der Waals surface area contributed by atoms with Gasteiger partial charge in [-0.2, -0.15) is 0 Å². The minimum absolute atomic E-state index is 0.664. The predicted molar refractivity (Wildman–Crippen MR) is 99.9 cm³/mol. The van der Waals surface area contributed by atoms with Crippen molar-refractivity contribution in [3.8, 4) is 5.82 Å². The first-order chi connectivity index (χ1) is 11.7. The SMILES string of the molecule is Cc1cccc(Nc2cccc3c2ccn3-c2ccc(N)cn2)c1. The highest BCUT2D eigenvalue weighted by Crippen LogP contribution is 2.29. The lowest BCUT2D eigenvalue weighted by Gasteiger charge is -2.10. The van der Waals surface area contributed by atoms with Crippen molar-refractivity contribution in [2.45, 2.75) is 6.92 Å². The quantitative estimate of drug-likeness (QED) is 0.578. The lowest BCUT2D eigenvalue weighted by molar-refractivity contribution is 1.05. The highest BCUT2D eigenvalue weighted by molar-refractivity contribution is 5.95. The van der Waals surface area contributed by atoms with Crippen LogP contribution in [0.2, 0.25) is 0 Å². The molecule has 0 saturated carbocycles. The van der Waals surface area contributed by atoms with E-state index in [0.717, 1.165) is 28.1 Å². The van der Waals surface area contributed by atoms with Crippen molar-refractivity contribution in [3.63, 3.8) is 0 Å². The molecule has 0 fully saturated rings. The second-order valence-corrected chi connectivity index (χ2v) is 5.87. The first kappa shape index (κ1) is 14.3. The first-order valence-corrected chi connectivity index (χ1v) is 7.86. The fourth-order valence-corrected chi connectivity index (χ4v) is 2.89. The Morgan fingerprint density at radius 2 is 1.88 bits per heavy atom. The summed E-state index contributed by atoms with van der Waals surface area (Å²) in [6.45, 7) is 2.09. The largest absolute Gasteiger partial charge is 0.397 e. The average Bonchev–Trinajstić information content (AvgIpc) is 3.01. The van der Waals surface area contributed by atoms with Gasteiger partial charge in [-0.05, 0) is 55.0 Å². The number of hydrogen-bond donors (Lipinski definition) is 2. The summed E-state index contributed by atoms with van der Waals surface area (Å²) < 4.78 is 2.07. The molecule has 0 amide bonds. The van der Waals surface area contributed by atoms with Gasteiger partial charge in [0.1, 0.15) is 5.82 Å². The zero-order valence-corrected chi connectivity index (χ0v) is 13.4. The number of hydrogen-bond acceptors (Lipinski definition) is 3. The Morgan fingerprint density at radius 1 is 1.00 bits per heavy atom. The summed E-state index contributed by atoms with van der Waals surface area (Å²) >= 11 is 0. The topological polar surface area (TPSA) is 55.9 Å². The van der Waals surface area contributed by atoms with Gasteiger partial charge in [-0.15, -0.1) is 0 Å². The number of anilines is 3. The van der Waals surface area contributed by atoms with Crippen LogP contribution in [0.15, 0.2) is 73.1 Å². The van der Waals surface area contributed by atoms with Crippen molar-refractivity contribution in [2.75, 3.05) is 11.1 Å². The minimum atomic E-state index is 0.664. The monoisotopic (exact) mass is 314 g/mol. The van der Waals surface area contributed by atoms with Crippen molar-refractivity contribution in [1.82, 2.24) is 9.55 Å². The number of nitrogens with zero attached hydrogens (tertiary/aromatic N) is 2. The summed E-state index contributed by atoms with van der Waals surface area (Å²) in [5.41, 5.74) is 10.9. The maximum absolute atomic E-state index is 5.73. The third kappa shape index (κ3) is 2.58. The summed E-state index contributed by atoms with van der Waals surface area (Å²) in [4.78, 5) is 4.41. The van der Waals surface area contributed by atoms with Gasteiger partial charge in [0.05, 0.1) is 17.4 Å². The van der Waals surface area contributed by atoms with Crippen LogP contribution in [0, 0.1) is 6.92 Å². The van der Waals surface area contributed by atoms with Gasteiger partial charge in [-0.3, -0.25) is 0 Å². The van der Waals surface area contributed by atoms with E-state index in [4.69, 9.17) is 5.73 Å². The van der Waals surface area contributed by atoms with Crippen LogP contribution in [-0.4, -0.2) is 9.55 Å². The molecule has 0 unspecified atom stereocenters. The van der Waals surface area contributed by atoms with Crippen molar-refractivity contribution in [3.05, 3.63) is 78.6 Å². The third-order valence-corrected chi connectivity index (χ3v) is 4.05. The van der Waals surface area contributed by atoms with Gasteiger partial charge in [0.15, 0.2) is 0 Å². The van der Waals surface area contributed by atoms with Crippen molar-refractivity contribution < 1.29 is 0 Å². The fourth-order valence-electron chi connectivity index (χ4n) is 2.89. The van der Waals surface area contributed by atoms with E-state index in [9.17, 15) is 0 Å². The summed E-state index contributed by atoms with van der Waals surface area (Å²) in [6, 6.07) is 20.5. The van der Waals surface area contributed by atoms with E-state index in [1.54, 1.807) is 6.20 Å². The second kappa shape index (κ2) is 5.74. The normalized spacial score (nSPS) is 10.9. The minimum Gasteiger partial charge on any atom is -0.397 e. The molecule has 0 radical (unpaired) electrons. The molecule has 118 valence electrons. The molecule has 3 N–H and O–H groups in total. The van der Waals surface area contributed by atoms with E-state index >= 15 is 0 Å². The highest BCUT2D eigenvalue weighted by Gasteiger charge is 2.08. The molecule has 0 aliphatic rings. The molecule has 4 rings (SSSR count). The number of aryl methyl sites for hydroxylation is 1. The summed E-state index contributed by atoms with van der Waals surface area (Å²) in [5.74, 6) is 0.854. The van der Waals surface area contributed by atoms with Gasteiger partial charge >= 0.3 is 0 Å². The van der Waals surface area contributed by atoms with E-state index in [0.29, 0.717) is 5.69 Å². The molecule has 2 aromatic heterocycles. The zero-order valence-electron chi connectivity index (χ0n) is 13.4. The van der Waals surface area contributed by atoms with E-state index < -0.39 is 0 Å².